The lowest BCUT2D eigenvalue weighted by molar-refractivity contribution is -0.119. The maximum Gasteiger partial charge on any atom is 0.132 e. The minimum Gasteiger partial charge on any atom is -0.300 e. The van der Waals surface area contributed by atoms with Crippen molar-refractivity contribution in [3.05, 3.63) is 0 Å². The summed E-state index contributed by atoms with van der Waals surface area (Å²) in [6.45, 7) is 4.54. The van der Waals surface area contributed by atoms with Gasteiger partial charge in [0.25, 0.3) is 0 Å². The number of hydrogen-bond acceptors (Lipinski definition) is 1. The molecule has 0 unspecified atom stereocenters. The zero-order valence-corrected chi connectivity index (χ0v) is 23.4. The first kappa shape index (κ1) is 32.7. The SMILES string of the molecule is CCCCCCCCCCCCCCCCCCCCCCCCC(=O)CCCCCCC. The van der Waals surface area contributed by atoms with Crippen LogP contribution in [0.25, 0.3) is 0 Å². The monoisotopic (exact) mass is 464 g/mol. The Morgan fingerprint density at radius 1 is 0.303 bits per heavy atom. The topological polar surface area (TPSA) is 17.1 Å². The summed E-state index contributed by atoms with van der Waals surface area (Å²) >= 11 is 0. The molecule has 0 aliphatic heterocycles. The smallest absolute Gasteiger partial charge is 0.132 e. The molecule has 198 valence electrons. The Bertz CT molecular complexity index is 362. The summed E-state index contributed by atoms with van der Waals surface area (Å²) in [6.07, 6.45) is 39.2. The molecule has 0 saturated carbocycles. The van der Waals surface area contributed by atoms with Crippen molar-refractivity contribution >= 4 is 5.78 Å². The maximum atomic E-state index is 11.9. The molecular formula is C32H64O. The van der Waals surface area contributed by atoms with E-state index >= 15 is 0 Å². The summed E-state index contributed by atoms with van der Waals surface area (Å²) in [5, 5.41) is 0. The van der Waals surface area contributed by atoms with E-state index in [-0.39, 0.29) is 0 Å². The minimum atomic E-state index is 0.514. The molecule has 0 fully saturated rings. The van der Waals surface area contributed by atoms with Crippen LogP contribution in [0.2, 0.25) is 0 Å². The summed E-state index contributed by atoms with van der Waals surface area (Å²) in [5.41, 5.74) is 0. The van der Waals surface area contributed by atoms with Gasteiger partial charge in [0.05, 0.1) is 0 Å². The number of hydrogen-bond donors (Lipinski definition) is 0. The fourth-order valence-electron chi connectivity index (χ4n) is 4.98. The van der Waals surface area contributed by atoms with Gasteiger partial charge in [0, 0.05) is 12.8 Å². The molecule has 0 aromatic heterocycles. The van der Waals surface area contributed by atoms with E-state index in [4.69, 9.17) is 0 Å². The first-order valence-corrected chi connectivity index (χ1v) is 15.8. The quantitative estimate of drug-likeness (QED) is 0.101. The lowest BCUT2D eigenvalue weighted by Crippen LogP contribution is -1.97. The lowest BCUT2D eigenvalue weighted by atomic mass is 10.0. The fraction of sp³-hybridized carbons (Fsp3) is 0.969. The van der Waals surface area contributed by atoms with Crippen LogP contribution in [0.15, 0.2) is 0 Å². The van der Waals surface area contributed by atoms with Crippen LogP contribution >= 0.6 is 0 Å². The molecule has 0 N–H and O–H groups in total. The van der Waals surface area contributed by atoms with E-state index in [9.17, 15) is 4.79 Å². The van der Waals surface area contributed by atoms with E-state index in [0.29, 0.717) is 5.78 Å². The van der Waals surface area contributed by atoms with Crippen LogP contribution in [0.4, 0.5) is 0 Å². The second-order valence-electron chi connectivity index (χ2n) is 10.9. The molecular weight excluding hydrogens is 400 g/mol. The fourth-order valence-corrected chi connectivity index (χ4v) is 4.98. The summed E-state index contributed by atoms with van der Waals surface area (Å²) in [5.74, 6) is 0.514. The highest BCUT2D eigenvalue weighted by atomic mass is 16.1. The van der Waals surface area contributed by atoms with Crippen molar-refractivity contribution < 1.29 is 4.79 Å². The van der Waals surface area contributed by atoms with Crippen molar-refractivity contribution in [1.29, 1.82) is 0 Å². The third-order valence-corrected chi connectivity index (χ3v) is 7.37. The summed E-state index contributed by atoms with van der Waals surface area (Å²) in [7, 11) is 0. The van der Waals surface area contributed by atoms with Crippen LogP contribution in [0.3, 0.4) is 0 Å². The number of carbonyl (C=O) groups excluding carboxylic acids is 1. The van der Waals surface area contributed by atoms with E-state index < -0.39 is 0 Å². The van der Waals surface area contributed by atoms with E-state index in [2.05, 4.69) is 13.8 Å². The molecule has 0 aromatic carbocycles. The number of rotatable bonds is 29. The molecule has 0 heterocycles. The van der Waals surface area contributed by atoms with Gasteiger partial charge in [-0.1, -0.05) is 174 Å². The Kier molecular flexibility index (Phi) is 29.4. The van der Waals surface area contributed by atoms with Crippen LogP contribution in [0, 0.1) is 0 Å². The van der Waals surface area contributed by atoms with Gasteiger partial charge in [0.2, 0.25) is 0 Å². The number of Topliss-reactive ketones (excluding diaryl/α,β-unsaturated/α-hetero) is 1. The predicted octanol–water partition coefficient (Wildman–Crippen LogP) is 11.9. The number of ketones is 1. The van der Waals surface area contributed by atoms with E-state index in [1.165, 1.54) is 161 Å². The standard InChI is InChI=1S/C32H64O/c1-3-5-7-9-10-11-12-13-14-15-16-17-18-19-20-21-22-23-24-25-27-29-31-32(33)30-28-26-8-6-4-2/h3-31H2,1-2H3. The maximum absolute atomic E-state index is 11.9. The average Bonchev–Trinajstić information content (AvgIpc) is 2.82. The van der Waals surface area contributed by atoms with Gasteiger partial charge < -0.3 is 0 Å². The molecule has 0 aliphatic rings. The average molecular weight is 465 g/mol. The van der Waals surface area contributed by atoms with Gasteiger partial charge in [-0.05, 0) is 12.8 Å². The van der Waals surface area contributed by atoms with Crippen molar-refractivity contribution in [2.45, 2.75) is 200 Å². The summed E-state index contributed by atoms with van der Waals surface area (Å²) in [6, 6.07) is 0. The zero-order chi connectivity index (χ0) is 24.1. The molecule has 1 heteroatoms. The van der Waals surface area contributed by atoms with Crippen LogP contribution in [-0.2, 0) is 4.79 Å². The van der Waals surface area contributed by atoms with E-state index in [1.807, 2.05) is 0 Å². The van der Waals surface area contributed by atoms with Crippen molar-refractivity contribution in [3.8, 4) is 0 Å². The van der Waals surface area contributed by atoms with Crippen LogP contribution in [0.5, 0.6) is 0 Å². The number of unbranched alkanes of at least 4 members (excludes halogenated alkanes) is 25. The van der Waals surface area contributed by atoms with Crippen molar-refractivity contribution in [2.24, 2.45) is 0 Å². The first-order valence-electron chi connectivity index (χ1n) is 15.8. The largest absolute Gasteiger partial charge is 0.300 e. The minimum absolute atomic E-state index is 0.514. The highest BCUT2D eigenvalue weighted by Gasteiger charge is 2.02. The molecule has 0 amide bonds. The zero-order valence-electron chi connectivity index (χ0n) is 23.4. The Morgan fingerprint density at radius 3 is 0.697 bits per heavy atom. The van der Waals surface area contributed by atoms with Crippen LogP contribution in [0.1, 0.15) is 200 Å². The van der Waals surface area contributed by atoms with Gasteiger partial charge in [0.15, 0.2) is 0 Å². The molecule has 0 spiro atoms. The van der Waals surface area contributed by atoms with Gasteiger partial charge in [0.1, 0.15) is 5.78 Å². The van der Waals surface area contributed by atoms with Crippen molar-refractivity contribution in [2.75, 3.05) is 0 Å². The van der Waals surface area contributed by atoms with Crippen molar-refractivity contribution in [3.63, 3.8) is 0 Å². The first-order chi connectivity index (χ1) is 16.3. The van der Waals surface area contributed by atoms with E-state index in [1.54, 1.807) is 0 Å². The Balaban J connectivity index is 3.08. The van der Waals surface area contributed by atoms with Gasteiger partial charge in [-0.2, -0.15) is 0 Å². The molecule has 1 nitrogen and oxygen atoms in total. The Labute approximate surface area is 210 Å². The molecule has 0 bridgehead atoms. The molecule has 0 atom stereocenters. The molecule has 0 radical (unpaired) electrons. The number of carbonyl (C=O) groups is 1. The third-order valence-electron chi connectivity index (χ3n) is 7.37. The highest BCUT2D eigenvalue weighted by molar-refractivity contribution is 5.78. The second kappa shape index (κ2) is 29.7. The van der Waals surface area contributed by atoms with Crippen LogP contribution in [-0.4, -0.2) is 5.78 Å². The van der Waals surface area contributed by atoms with Crippen molar-refractivity contribution in [1.82, 2.24) is 0 Å². The molecule has 33 heavy (non-hydrogen) atoms. The van der Waals surface area contributed by atoms with Gasteiger partial charge in [-0.3, -0.25) is 4.79 Å². The summed E-state index contributed by atoms with van der Waals surface area (Å²) < 4.78 is 0. The second-order valence-corrected chi connectivity index (χ2v) is 10.9. The van der Waals surface area contributed by atoms with Gasteiger partial charge >= 0.3 is 0 Å². The Morgan fingerprint density at radius 2 is 0.485 bits per heavy atom. The molecule has 0 saturated heterocycles. The van der Waals surface area contributed by atoms with E-state index in [0.717, 1.165) is 25.7 Å². The molecule has 0 aromatic rings. The predicted molar refractivity (Wildman–Crippen MR) is 150 cm³/mol. The van der Waals surface area contributed by atoms with Crippen LogP contribution < -0.4 is 0 Å². The summed E-state index contributed by atoms with van der Waals surface area (Å²) in [4.78, 5) is 11.9. The lowest BCUT2D eigenvalue weighted by Gasteiger charge is -2.04. The Hall–Kier alpha value is -0.330. The normalized spacial score (nSPS) is 11.3. The molecule has 0 rings (SSSR count). The molecule has 0 aliphatic carbocycles. The van der Waals surface area contributed by atoms with Gasteiger partial charge in [-0.15, -0.1) is 0 Å². The highest BCUT2D eigenvalue weighted by Crippen LogP contribution is 2.16. The van der Waals surface area contributed by atoms with Gasteiger partial charge in [-0.25, -0.2) is 0 Å². The third kappa shape index (κ3) is 29.6.